The zero-order valence-corrected chi connectivity index (χ0v) is 9.92. The molecule has 0 fully saturated rings. The van der Waals surface area contributed by atoms with Crippen LogP contribution in [0.3, 0.4) is 0 Å². The molecule has 0 aromatic carbocycles. The molecule has 16 heavy (non-hydrogen) atoms. The van der Waals surface area contributed by atoms with E-state index in [1.54, 1.807) is 0 Å². The number of thiophene rings is 1. The molecule has 88 valence electrons. The van der Waals surface area contributed by atoms with Crippen molar-refractivity contribution in [3.63, 3.8) is 0 Å². The van der Waals surface area contributed by atoms with Crippen LogP contribution in [0.15, 0.2) is 11.4 Å². The number of anilines is 2. The molecule has 0 aliphatic carbocycles. The van der Waals surface area contributed by atoms with Crippen LogP contribution in [0, 0.1) is 0 Å². The molecule has 0 bridgehead atoms. The predicted octanol–water partition coefficient (Wildman–Crippen LogP) is 0.360. The average molecular weight is 262 g/mol. The summed E-state index contributed by atoms with van der Waals surface area (Å²) < 4.78 is 26.8. The minimum atomic E-state index is -3.67. The van der Waals surface area contributed by atoms with Gasteiger partial charge in [-0.25, -0.2) is 4.98 Å². The first-order valence-corrected chi connectivity index (χ1v) is 6.69. The molecule has 7 nitrogen and oxygen atoms in total. The summed E-state index contributed by atoms with van der Waals surface area (Å²) in [5.41, 5.74) is 11.8. The van der Waals surface area contributed by atoms with Crippen LogP contribution in [0.2, 0.25) is 0 Å². The van der Waals surface area contributed by atoms with Crippen molar-refractivity contribution in [2.45, 2.75) is 0 Å². The van der Waals surface area contributed by atoms with E-state index in [0.717, 1.165) is 10.2 Å². The first-order valence-electron chi connectivity index (χ1n) is 3.96. The molecule has 0 amide bonds. The van der Waals surface area contributed by atoms with Crippen LogP contribution >= 0.6 is 11.3 Å². The van der Waals surface area contributed by atoms with Crippen LogP contribution in [0.25, 0.3) is 10.2 Å². The monoisotopic (exact) mass is 262 g/mol. The molecule has 5 N–H and O–H groups in total. The van der Waals surface area contributed by atoms with Crippen molar-refractivity contribution in [2.24, 2.45) is 0 Å². The molecule has 2 rings (SSSR count). The van der Waals surface area contributed by atoms with Crippen molar-refractivity contribution >= 4 is 43.4 Å². The molecule has 0 unspecified atom stereocenters. The SMILES string of the molecule is CS(=O)(=O)O.Nc1nc(N)c2sccc2n1. The van der Waals surface area contributed by atoms with Crippen molar-refractivity contribution in [3.8, 4) is 0 Å². The van der Waals surface area contributed by atoms with Crippen LogP contribution in [-0.2, 0) is 10.1 Å². The van der Waals surface area contributed by atoms with E-state index in [-0.39, 0.29) is 5.95 Å². The largest absolute Gasteiger partial charge is 0.382 e. The molecule has 0 aliphatic heterocycles. The van der Waals surface area contributed by atoms with Crippen molar-refractivity contribution in [1.29, 1.82) is 0 Å². The first kappa shape index (κ1) is 12.6. The molecule has 0 saturated heterocycles. The Hall–Kier alpha value is -1.45. The van der Waals surface area contributed by atoms with Gasteiger partial charge in [0.05, 0.1) is 16.5 Å². The zero-order chi connectivity index (χ0) is 12.3. The highest BCUT2D eigenvalue weighted by Crippen LogP contribution is 2.23. The quantitative estimate of drug-likeness (QED) is 0.584. The lowest BCUT2D eigenvalue weighted by molar-refractivity contribution is 0.490. The fourth-order valence-corrected chi connectivity index (χ4v) is 1.64. The van der Waals surface area contributed by atoms with Gasteiger partial charge in [0.25, 0.3) is 10.1 Å². The molecule has 0 spiro atoms. The molecule has 2 heterocycles. The van der Waals surface area contributed by atoms with Crippen LogP contribution in [0.5, 0.6) is 0 Å². The Morgan fingerprint density at radius 1 is 1.38 bits per heavy atom. The van der Waals surface area contributed by atoms with Crippen LogP contribution < -0.4 is 11.5 Å². The maximum absolute atomic E-state index is 9.19. The number of aromatic nitrogens is 2. The van der Waals surface area contributed by atoms with Crippen LogP contribution in [0.4, 0.5) is 11.8 Å². The summed E-state index contributed by atoms with van der Waals surface area (Å²) in [4.78, 5) is 7.82. The van der Waals surface area contributed by atoms with Crippen LogP contribution in [-0.4, -0.2) is 29.2 Å². The molecule has 2 aromatic rings. The summed E-state index contributed by atoms with van der Waals surface area (Å²) in [6.07, 6.45) is 0.715. The average Bonchev–Trinajstić information content (AvgIpc) is 2.47. The van der Waals surface area contributed by atoms with E-state index in [0.29, 0.717) is 12.1 Å². The second-order valence-corrected chi connectivity index (χ2v) is 5.22. The van der Waals surface area contributed by atoms with Gasteiger partial charge in [0.1, 0.15) is 5.82 Å². The van der Waals surface area contributed by atoms with Crippen molar-refractivity contribution in [1.82, 2.24) is 9.97 Å². The standard InChI is InChI=1S/C6H6N4S.CH4O3S/c7-5-4-3(1-2-11-4)9-6(8)10-5;1-5(2,3)4/h1-2H,(H4,7,8,9,10);1H3,(H,2,3,4). The van der Waals surface area contributed by atoms with Crippen LogP contribution in [0.1, 0.15) is 0 Å². The number of nitrogens with zero attached hydrogens (tertiary/aromatic N) is 2. The molecule has 2 aromatic heterocycles. The van der Waals surface area contributed by atoms with Gasteiger partial charge < -0.3 is 11.5 Å². The van der Waals surface area contributed by atoms with Crippen molar-refractivity contribution in [3.05, 3.63) is 11.4 Å². The lowest BCUT2D eigenvalue weighted by Crippen LogP contribution is -1.98. The molecule has 9 heteroatoms. The van der Waals surface area contributed by atoms with Gasteiger partial charge in [0, 0.05) is 0 Å². The highest BCUT2D eigenvalue weighted by Gasteiger charge is 2.02. The van der Waals surface area contributed by atoms with E-state index in [1.165, 1.54) is 11.3 Å². The summed E-state index contributed by atoms with van der Waals surface area (Å²) in [6, 6.07) is 1.87. The van der Waals surface area contributed by atoms with Gasteiger partial charge >= 0.3 is 0 Å². The lowest BCUT2D eigenvalue weighted by Gasteiger charge is -1.95. The number of rotatable bonds is 0. The summed E-state index contributed by atoms with van der Waals surface area (Å²) in [5, 5.41) is 1.91. The Bertz CT molecular complexity index is 585. The summed E-state index contributed by atoms with van der Waals surface area (Å²) in [6.45, 7) is 0. The van der Waals surface area contributed by atoms with Gasteiger partial charge in [-0.05, 0) is 11.4 Å². The Morgan fingerprint density at radius 3 is 2.50 bits per heavy atom. The van der Waals surface area contributed by atoms with E-state index in [1.807, 2.05) is 11.4 Å². The van der Waals surface area contributed by atoms with E-state index in [2.05, 4.69) is 9.97 Å². The maximum Gasteiger partial charge on any atom is 0.261 e. The molecular formula is C7H10N4O3S2. The van der Waals surface area contributed by atoms with Gasteiger partial charge in [-0.1, -0.05) is 0 Å². The van der Waals surface area contributed by atoms with E-state index in [9.17, 15) is 8.42 Å². The van der Waals surface area contributed by atoms with E-state index >= 15 is 0 Å². The third-order valence-corrected chi connectivity index (χ3v) is 2.27. The highest BCUT2D eigenvalue weighted by molar-refractivity contribution is 7.85. The number of nitrogens with two attached hydrogens (primary N) is 2. The van der Waals surface area contributed by atoms with Gasteiger partial charge in [-0.2, -0.15) is 13.4 Å². The fourth-order valence-electron chi connectivity index (χ4n) is 0.905. The summed E-state index contributed by atoms with van der Waals surface area (Å²) >= 11 is 1.52. The van der Waals surface area contributed by atoms with Crippen molar-refractivity contribution in [2.75, 3.05) is 17.7 Å². The third kappa shape index (κ3) is 3.96. The molecule has 0 radical (unpaired) electrons. The van der Waals surface area contributed by atoms with E-state index < -0.39 is 10.1 Å². The van der Waals surface area contributed by atoms with Gasteiger partial charge in [0.2, 0.25) is 5.95 Å². The normalized spacial score (nSPS) is 10.9. The topological polar surface area (TPSA) is 132 Å². The first-order chi connectivity index (χ1) is 7.27. The number of nitrogen functional groups attached to an aromatic ring is 2. The molecule has 0 aliphatic rings. The lowest BCUT2D eigenvalue weighted by atomic mass is 10.4. The minimum Gasteiger partial charge on any atom is -0.382 e. The van der Waals surface area contributed by atoms with Gasteiger partial charge in [0.15, 0.2) is 0 Å². The Labute approximate surface area is 95.9 Å². The number of fused-ring (bicyclic) bond motifs is 1. The van der Waals surface area contributed by atoms with E-state index in [4.69, 9.17) is 16.0 Å². The molecule has 0 saturated carbocycles. The highest BCUT2D eigenvalue weighted by atomic mass is 32.2. The summed E-state index contributed by atoms with van der Waals surface area (Å²) in [7, 11) is -3.67. The zero-order valence-electron chi connectivity index (χ0n) is 8.28. The van der Waals surface area contributed by atoms with Gasteiger partial charge in [-0.3, -0.25) is 4.55 Å². The Kier molecular flexibility index (Phi) is 3.62. The van der Waals surface area contributed by atoms with Crippen molar-refractivity contribution < 1.29 is 13.0 Å². The third-order valence-electron chi connectivity index (χ3n) is 1.35. The predicted molar refractivity (Wildman–Crippen MR) is 63.7 cm³/mol. The second-order valence-electron chi connectivity index (χ2n) is 2.84. The fraction of sp³-hybridized carbons (Fsp3) is 0.143. The second kappa shape index (κ2) is 4.60. The molecule has 0 atom stereocenters. The maximum atomic E-state index is 9.19. The number of hydrogen-bond donors (Lipinski definition) is 3. The summed E-state index contributed by atoms with van der Waals surface area (Å²) in [5.74, 6) is 0.691. The minimum absolute atomic E-state index is 0.230. The number of hydrogen-bond acceptors (Lipinski definition) is 7. The smallest absolute Gasteiger partial charge is 0.261 e. The molecular weight excluding hydrogens is 252 g/mol. The Morgan fingerprint density at radius 2 is 1.94 bits per heavy atom. The van der Waals surface area contributed by atoms with Gasteiger partial charge in [-0.15, -0.1) is 11.3 Å². The Balaban J connectivity index is 0.000000221.